The molecule has 0 unspecified atom stereocenters. The van der Waals surface area contributed by atoms with Gasteiger partial charge in [0.25, 0.3) is 0 Å². The van der Waals surface area contributed by atoms with E-state index in [0.29, 0.717) is 22.7 Å². The van der Waals surface area contributed by atoms with Gasteiger partial charge in [0.05, 0.1) is 12.3 Å². The molecule has 7 nitrogen and oxygen atoms in total. The molecule has 152 valence electrons. The number of carbonyl (C=O) groups excluding carboxylic acids is 1. The van der Waals surface area contributed by atoms with Crippen molar-refractivity contribution >= 4 is 34.5 Å². The van der Waals surface area contributed by atoms with Crippen LogP contribution in [0.2, 0.25) is 0 Å². The molecule has 30 heavy (non-hydrogen) atoms. The summed E-state index contributed by atoms with van der Waals surface area (Å²) in [6.07, 6.45) is 1.49. The minimum atomic E-state index is -0.0847. The van der Waals surface area contributed by atoms with E-state index >= 15 is 0 Å². The SMILES string of the molecule is Cc1cc(C)c(NC(=O)CSc2ncnc3c2nnn3Cc2ccccc2)c(C)c1. The number of benzene rings is 2. The van der Waals surface area contributed by atoms with Crippen molar-refractivity contribution in [1.29, 1.82) is 0 Å². The van der Waals surface area contributed by atoms with Crippen molar-refractivity contribution in [2.75, 3.05) is 11.1 Å². The van der Waals surface area contributed by atoms with Gasteiger partial charge in [-0.15, -0.1) is 5.10 Å². The lowest BCUT2D eigenvalue weighted by Gasteiger charge is -2.12. The van der Waals surface area contributed by atoms with Crippen molar-refractivity contribution in [1.82, 2.24) is 25.0 Å². The standard InChI is InChI=1S/C22H22N6OS/c1-14-9-15(2)19(16(3)10-14)25-18(29)12-30-22-20-21(23-13-24-22)28(27-26-20)11-17-7-5-4-6-8-17/h4-10,13H,11-12H2,1-3H3,(H,25,29). The molecule has 4 aromatic rings. The summed E-state index contributed by atoms with van der Waals surface area (Å²) < 4.78 is 1.75. The molecule has 0 saturated heterocycles. The number of nitrogens with zero attached hydrogens (tertiary/aromatic N) is 5. The molecule has 0 aliphatic carbocycles. The second kappa shape index (κ2) is 8.62. The van der Waals surface area contributed by atoms with Crippen LogP contribution in [0.3, 0.4) is 0 Å². The van der Waals surface area contributed by atoms with E-state index in [0.717, 1.165) is 22.4 Å². The molecule has 0 spiro atoms. The zero-order valence-electron chi connectivity index (χ0n) is 17.1. The lowest BCUT2D eigenvalue weighted by Crippen LogP contribution is -2.16. The zero-order valence-corrected chi connectivity index (χ0v) is 17.9. The summed E-state index contributed by atoms with van der Waals surface area (Å²) in [4.78, 5) is 21.2. The topological polar surface area (TPSA) is 85.6 Å². The number of rotatable bonds is 6. The van der Waals surface area contributed by atoms with Gasteiger partial charge in [0.1, 0.15) is 11.4 Å². The Hall–Kier alpha value is -3.26. The van der Waals surface area contributed by atoms with E-state index < -0.39 is 0 Å². The van der Waals surface area contributed by atoms with Crippen LogP contribution in [0, 0.1) is 20.8 Å². The molecule has 2 aromatic carbocycles. The van der Waals surface area contributed by atoms with E-state index in [4.69, 9.17) is 0 Å². The zero-order chi connectivity index (χ0) is 21.1. The average molecular weight is 419 g/mol. The summed E-state index contributed by atoms with van der Waals surface area (Å²) >= 11 is 1.33. The van der Waals surface area contributed by atoms with Gasteiger partial charge in [0.2, 0.25) is 5.91 Å². The third kappa shape index (κ3) is 4.33. The molecule has 0 saturated carbocycles. The highest BCUT2D eigenvalue weighted by Gasteiger charge is 2.15. The summed E-state index contributed by atoms with van der Waals surface area (Å²) in [7, 11) is 0. The minimum Gasteiger partial charge on any atom is -0.325 e. The molecule has 0 atom stereocenters. The highest BCUT2D eigenvalue weighted by molar-refractivity contribution is 8.00. The van der Waals surface area contributed by atoms with Gasteiger partial charge < -0.3 is 5.32 Å². The molecule has 8 heteroatoms. The van der Waals surface area contributed by atoms with Crippen molar-refractivity contribution in [3.05, 3.63) is 71.0 Å². The fourth-order valence-electron chi connectivity index (χ4n) is 3.43. The predicted molar refractivity (Wildman–Crippen MR) is 119 cm³/mol. The monoisotopic (exact) mass is 418 g/mol. The molecular formula is C22H22N6OS. The van der Waals surface area contributed by atoms with E-state index in [1.54, 1.807) is 4.68 Å². The lowest BCUT2D eigenvalue weighted by atomic mass is 10.1. The Morgan fingerprint density at radius 1 is 1.07 bits per heavy atom. The van der Waals surface area contributed by atoms with Crippen LogP contribution >= 0.6 is 11.8 Å². The van der Waals surface area contributed by atoms with Gasteiger partial charge in [-0.2, -0.15) is 0 Å². The lowest BCUT2D eigenvalue weighted by molar-refractivity contribution is -0.113. The maximum absolute atomic E-state index is 12.5. The van der Waals surface area contributed by atoms with E-state index in [1.165, 1.54) is 23.7 Å². The van der Waals surface area contributed by atoms with Crippen molar-refractivity contribution in [3.8, 4) is 0 Å². The minimum absolute atomic E-state index is 0.0847. The fourth-order valence-corrected chi connectivity index (χ4v) is 4.16. The number of thioether (sulfide) groups is 1. The number of hydrogen-bond donors (Lipinski definition) is 1. The Kier molecular flexibility index (Phi) is 5.76. The summed E-state index contributed by atoms with van der Waals surface area (Å²) in [5.41, 5.74) is 6.53. The maximum atomic E-state index is 12.5. The molecule has 2 aromatic heterocycles. The van der Waals surface area contributed by atoms with E-state index in [1.807, 2.05) is 51.1 Å². The summed E-state index contributed by atoms with van der Waals surface area (Å²) in [5, 5.41) is 12.1. The highest BCUT2D eigenvalue weighted by Crippen LogP contribution is 2.25. The summed E-state index contributed by atoms with van der Waals surface area (Å²) in [5.74, 6) is 0.142. The van der Waals surface area contributed by atoms with Gasteiger partial charge in [-0.1, -0.05) is 65.0 Å². The fraction of sp³-hybridized carbons (Fsp3) is 0.227. The number of nitrogens with one attached hydrogen (secondary N) is 1. The van der Waals surface area contributed by atoms with E-state index in [-0.39, 0.29) is 11.7 Å². The second-order valence-electron chi connectivity index (χ2n) is 7.19. The third-order valence-corrected chi connectivity index (χ3v) is 5.70. The largest absolute Gasteiger partial charge is 0.325 e. The van der Waals surface area contributed by atoms with Crippen molar-refractivity contribution in [3.63, 3.8) is 0 Å². The van der Waals surface area contributed by atoms with Crippen LogP contribution in [-0.4, -0.2) is 36.6 Å². The van der Waals surface area contributed by atoms with Crippen LogP contribution in [-0.2, 0) is 11.3 Å². The Morgan fingerprint density at radius 3 is 2.53 bits per heavy atom. The van der Waals surface area contributed by atoms with Gasteiger partial charge in [-0.3, -0.25) is 4.79 Å². The number of anilines is 1. The van der Waals surface area contributed by atoms with Crippen LogP contribution in [0.25, 0.3) is 11.2 Å². The quantitative estimate of drug-likeness (QED) is 0.377. The first kappa shape index (κ1) is 20.0. The molecule has 4 rings (SSSR count). The molecule has 1 N–H and O–H groups in total. The first-order chi connectivity index (χ1) is 14.5. The van der Waals surface area contributed by atoms with Crippen molar-refractivity contribution in [2.24, 2.45) is 0 Å². The number of carbonyl (C=O) groups is 1. The van der Waals surface area contributed by atoms with E-state index in [2.05, 4.69) is 37.7 Å². The van der Waals surface area contributed by atoms with E-state index in [9.17, 15) is 4.79 Å². The molecule has 2 heterocycles. The Balaban J connectivity index is 1.47. The van der Waals surface area contributed by atoms with Gasteiger partial charge in [0, 0.05) is 5.69 Å². The number of amides is 1. The highest BCUT2D eigenvalue weighted by atomic mass is 32.2. The Bertz CT molecular complexity index is 1180. The predicted octanol–water partition coefficient (Wildman–Crippen LogP) is 3.93. The van der Waals surface area contributed by atoms with Gasteiger partial charge >= 0.3 is 0 Å². The number of aryl methyl sites for hydroxylation is 3. The van der Waals surface area contributed by atoms with Crippen LogP contribution < -0.4 is 5.32 Å². The van der Waals surface area contributed by atoms with Crippen molar-refractivity contribution < 1.29 is 4.79 Å². The molecule has 0 bridgehead atoms. The number of aromatic nitrogens is 5. The first-order valence-corrected chi connectivity index (χ1v) is 10.6. The summed E-state index contributed by atoms with van der Waals surface area (Å²) in [6.45, 7) is 6.63. The second-order valence-corrected chi connectivity index (χ2v) is 8.16. The van der Waals surface area contributed by atoms with Gasteiger partial charge in [-0.25, -0.2) is 14.6 Å². The molecule has 0 radical (unpaired) electrons. The van der Waals surface area contributed by atoms with Crippen LogP contribution in [0.4, 0.5) is 5.69 Å². The smallest absolute Gasteiger partial charge is 0.234 e. The van der Waals surface area contributed by atoms with Crippen LogP contribution in [0.5, 0.6) is 0 Å². The molecule has 0 aliphatic rings. The van der Waals surface area contributed by atoms with Crippen LogP contribution in [0.15, 0.2) is 53.8 Å². The Labute approximate surface area is 178 Å². The normalized spacial score (nSPS) is 11.0. The maximum Gasteiger partial charge on any atom is 0.234 e. The first-order valence-electron chi connectivity index (χ1n) is 9.60. The average Bonchev–Trinajstić information content (AvgIpc) is 3.13. The molecular weight excluding hydrogens is 396 g/mol. The molecule has 0 fully saturated rings. The third-order valence-electron chi connectivity index (χ3n) is 4.72. The Morgan fingerprint density at radius 2 is 1.80 bits per heavy atom. The number of hydrogen-bond acceptors (Lipinski definition) is 6. The van der Waals surface area contributed by atoms with Gasteiger partial charge in [-0.05, 0) is 37.5 Å². The van der Waals surface area contributed by atoms with Crippen LogP contribution in [0.1, 0.15) is 22.3 Å². The van der Waals surface area contributed by atoms with Gasteiger partial charge in [0.15, 0.2) is 11.2 Å². The van der Waals surface area contributed by atoms with Crippen molar-refractivity contribution in [2.45, 2.75) is 32.3 Å². The molecule has 0 aliphatic heterocycles. The molecule has 1 amide bonds. The number of fused-ring (bicyclic) bond motifs is 1. The summed E-state index contributed by atoms with van der Waals surface area (Å²) in [6, 6.07) is 14.1.